The molecule has 0 bridgehead atoms. The minimum Gasteiger partial charge on any atom is -0.406 e. The van der Waals surface area contributed by atoms with Gasteiger partial charge in [0, 0.05) is 26.2 Å². The van der Waals surface area contributed by atoms with Gasteiger partial charge in [0.1, 0.15) is 10.6 Å². The van der Waals surface area contributed by atoms with Gasteiger partial charge in [-0.2, -0.15) is 8.61 Å². The lowest BCUT2D eigenvalue weighted by Gasteiger charge is -2.33. The van der Waals surface area contributed by atoms with Gasteiger partial charge in [0.15, 0.2) is 0 Å². The Morgan fingerprint density at radius 2 is 1.30 bits per heavy atom. The average molecular weight is 485 g/mol. The Balaban J connectivity index is 1.72. The zero-order valence-corrected chi connectivity index (χ0v) is 17.6. The summed E-state index contributed by atoms with van der Waals surface area (Å²) in [6.45, 7) is -0.427. The van der Waals surface area contributed by atoms with Crippen molar-refractivity contribution in [3.05, 3.63) is 53.6 Å². The Kier molecular flexibility index (Phi) is 6.35. The van der Waals surface area contributed by atoms with Crippen LogP contribution in [-0.2, 0) is 20.0 Å². The second-order valence-electron chi connectivity index (χ2n) is 6.26. The quantitative estimate of drug-likeness (QED) is 0.651. The van der Waals surface area contributed by atoms with E-state index in [1.807, 2.05) is 0 Å². The maximum atomic E-state index is 12.8. The van der Waals surface area contributed by atoms with Gasteiger partial charge >= 0.3 is 6.36 Å². The predicted molar refractivity (Wildman–Crippen MR) is 102 cm³/mol. The number of rotatable bonds is 5. The van der Waals surface area contributed by atoms with Crippen molar-refractivity contribution in [3.63, 3.8) is 0 Å². The van der Waals surface area contributed by atoms with Gasteiger partial charge in [-0.25, -0.2) is 16.8 Å². The van der Waals surface area contributed by atoms with Crippen LogP contribution in [0.15, 0.2) is 58.3 Å². The normalized spacial score (nSPS) is 17.1. The molecule has 0 aromatic heterocycles. The first-order valence-corrected chi connectivity index (χ1v) is 11.8. The van der Waals surface area contributed by atoms with Gasteiger partial charge in [-0.15, -0.1) is 13.2 Å². The fourth-order valence-electron chi connectivity index (χ4n) is 2.91. The summed E-state index contributed by atoms with van der Waals surface area (Å²) in [7, 11) is -7.91. The van der Waals surface area contributed by atoms with Gasteiger partial charge in [0.2, 0.25) is 20.0 Å². The second kappa shape index (κ2) is 8.35. The first kappa shape index (κ1) is 22.8. The van der Waals surface area contributed by atoms with Gasteiger partial charge < -0.3 is 4.74 Å². The maximum absolute atomic E-state index is 12.8. The van der Waals surface area contributed by atoms with Crippen molar-refractivity contribution in [3.8, 4) is 5.75 Å². The molecule has 7 nitrogen and oxygen atoms in total. The summed E-state index contributed by atoms with van der Waals surface area (Å²) in [5, 5.41) is 0.0636. The molecular formula is C17H16ClF3N2O5S2. The zero-order chi connectivity index (χ0) is 22.2. The van der Waals surface area contributed by atoms with Crippen LogP contribution in [0.2, 0.25) is 5.02 Å². The highest BCUT2D eigenvalue weighted by Gasteiger charge is 2.35. The summed E-state index contributed by atoms with van der Waals surface area (Å²) in [5.41, 5.74) is 0. The van der Waals surface area contributed by atoms with E-state index >= 15 is 0 Å². The van der Waals surface area contributed by atoms with E-state index in [-0.39, 0.29) is 41.0 Å². The van der Waals surface area contributed by atoms with E-state index < -0.39 is 32.2 Å². The van der Waals surface area contributed by atoms with Crippen molar-refractivity contribution in [1.29, 1.82) is 0 Å². The monoisotopic (exact) mass is 484 g/mol. The largest absolute Gasteiger partial charge is 0.573 e. The molecule has 0 saturated carbocycles. The molecule has 2 aromatic carbocycles. The number of hydrogen-bond donors (Lipinski definition) is 0. The average Bonchev–Trinajstić information content (AvgIpc) is 2.67. The van der Waals surface area contributed by atoms with Gasteiger partial charge in [-0.1, -0.05) is 23.7 Å². The molecule has 30 heavy (non-hydrogen) atoms. The minimum atomic E-state index is -4.89. The molecule has 0 N–H and O–H groups in total. The summed E-state index contributed by atoms with van der Waals surface area (Å²) in [4.78, 5) is -0.289. The smallest absolute Gasteiger partial charge is 0.406 e. The lowest BCUT2D eigenvalue weighted by molar-refractivity contribution is -0.274. The van der Waals surface area contributed by atoms with Crippen LogP contribution < -0.4 is 4.74 Å². The summed E-state index contributed by atoms with van der Waals surface area (Å²) >= 11 is 5.97. The molecule has 1 saturated heterocycles. The van der Waals surface area contributed by atoms with E-state index in [4.69, 9.17) is 11.6 Å². The molecule has 1 fully saturated rings. The number of hydrogen-bond acceptors (Lipinski definition) is 5. The maximum Gasteiger partial charge on any atom is 0.573 e. The van der Waals surface area contributed by atoms with Crippen LogP contribution in [0.4, 0.5) is 13.2 Å². The van der Waals surface area contributed by atoms with E-state index in [1.54, 1.807) is 6.07 Å². The van der Waals surface area contributed by atoms with Crippen LogP contribution in [0.25, 0.3) is 0 Å². The van der Waals surface area contributed by atoms with Crippen LogP contribution in [0, 0.1) is 0 Å². The summed E-state index contributed by atoms with van der Waals surface area (Å²) < 4.78 is 93.6. The first-order chi connectivity index (χ1) is 13.9. The summed E-state index contributed by atoms with van der Waals surface area (Å²) in [5.74, 6) is -0.544. The van der Waals surface area contributed by atoms with E-state index in [1.165, 1.54) is 18.2 Å². The minimum absolute atomic E-state index is 0.0636. The van der Waals surface area contributed by atoms with Gasteiger partial charge in [-0.05, 0) is 36.4 Å². The molecule has 2 aromatic rings. The molecule has 0 amide bonds. The molecule has 1 aliphatic heterocycles. The van der Waals surface area contributed by atoms with Crippen molar-refractivity contribution >= 4 is 31.6 Å². The van der Waals surface area contributed by atoms with Gasteiger partial charge in [0.05, 0.1) is 9.92 Å². The number of benzene rings is 2. The highest BCUT2D eigenvalue weighted by molar-refractivity contribution is 7.89. The standard InChI is InChI=1S/C17H16ClF3N2O5S2/c18-15-3-1-2-4-16(15)30(26,27)23-11-9-22(10-12-23)29(24,25)14-7-5-13(6-8-14)28-17(19,20)21/h1-8H,9-12H2. The second-order valence-corrected chi connectivity index (χ2v) is 10.5. The molecule has 3 rings (SSSR count). The predicted octanol–water partition coefficient (Wildman–Crippen LogP) is 2.93. The molecular weight excluding hydrogens is 469 g/mol. The highest BCUT2D eigenvalue weighted by Crippen LogP contribution is 2.28. The molecule has 0 spiro atoms. The molecule has 0 aliphatic carbocycles. The number of nitrogens with zero attached hydrogens (tertiary/aromatic N) is 2. The lowest BCUT2D eigenvalue weighted by atomic mass is 10.3. The Labute approximate surface area is 176 Å². The van der Waals surface area contributed by atoms with E-state index in [0.29, 0.717) is 0 Å². The fraction of sp³-hybridized carbons (Fsp3) is 0.294. The summed E-state index contributed by atoms with van der Waals surface area (Å²) in [6.07, 6.45) is -4.89. The molecule has 164 valence electrons. The number of halogens is 4. The third kappa shape index (κ3) is 4.89. The zero-order valence-electron chi connectivity index (χ0n) is 15.2. The Bertz CT molecular complexity index is 1110. The Morgan fingerprint density at radius 3 is 1.80 bits per heavy atom. The first-order valence-electron chi connectivity index (χ1n) is 8.52. The van der Waals surface area contributed by atoms with Crippen LogP contribution in [0.1, 0.15) is 0 Å². The van der Waals surface area contributed by atoms with E-state index in [0.717, 1.165) is 32.9 Å². The molecule has 0 atom stereocenters. The van der Waals surface area contributed by atoms with Crippen molar-refractivity contribution in [2.24, 2.45) is 0 Å². The van der Waals surface area contributed by atoms with Crippen LogP contribution >= 0.6 is 11.6 Å². The molecule has 13 heteroatoms. The van der Waals surface area contributed by atoms with E-state index in [9.17, 15) is 30.0 Å². The fourth-order valence-corrected chi connectivity index (χ4v) is 6.24. The topological polar surface area (TPSA) is 84.0 Å². The number of piperazine rings is 1. The number of alkyl halides is 3. The van der Waals surface area contributed by atoms with Gasteiger partial charge in [-0.3, -0.25) is 0 Å². The van der Waals surface area contributed by atoms with Crippen LogP contribution in [-0.4, -0.2) is 58.0 Å². The number of ether oxygens (including phenoxy) is 1. The molecule has 0 radical (unpaired) electrons. The molecule has 1 heterocycles. The SMILES string of the molecule is O=S(=O)(c1ccc(OC(F)(F)F)cc1)N1CCN(S(=O)(=O)c2ccccc2Cl)CC1. The van der Waals surface area contributed by atoms with Crippen molar-refractivity contribution in [2.45, 2.75) is 16.2 Å². The van der Waals surface area contributed by atoms with Crippen molar-refractivity contribution in [1.82, 2.24) is 8.61 Å². The summed E-state index contributed by atoms with van der Waals surface area (Å²) in [6, 6.07) is 9.75. The Hall–Kier alpha value is -1.86. The van der Waals surface area contributed by atoms with E-state index in [2.05, 4.69) is 4.74 Å². The highest BCUT2D eigenvalue weighted by atomic mass is 35.5. The van der Waals surface area contributed by atoms with Crippen molar-refractivity contribution < 1.29 is 34.7 Å². The van der Waals surface area contributed by atoms with Crippen LogP contribution in [0.3, 0.4) is 0 Å². The third-order valence-corrected chi connectivity index (χ3v) is 8.66. The van der Waals surface area contributed by atoms with Gasteiger partial charge in [0.25, 0.3) is 0 Å². The third-order valence-electron chi connectivity index (χ3n) is 4.35. The molecule has 0 unspecified atom stereocenters. The number of sulfonamides is 2. The molecule has 1 aliphatic rings. The Morgan fingerprint density at radius 1 is 0.800 bits per heavy atom. The lowest BCUT2D eigenvalue weighted by Crippen LogP contribution is -2.50. The van der Waals surface area contributed by atoms with Crippen molar-refractivity contribution in [2.75, 3.05) is 26.2 Å². The van der Waals surface area contributed by atoms with Crippen LogP contribution in [0.5, 0.6) is 5.75 Å².